The van der Waals surface area contributed by atoms with Crippen molar-refractivity contribution >= 4 is 23.1 Å². The summed E-state index contributed by atoms with van der Waals surface area (Å²) in [6, 6.07) is 0. The predicted molar refractivity (Wildman–Crippen MR) is 128 cm³/mol. The van der Waals surface area contributed by atoms with Crippen molar-refractivity contribution in [3.05, 3.63) is 44.7 Å². The first-order valence-corrected chi connectivity index (χ1v) is 12.9. The lowest BCUT2D eigenvalue weighted by atomic mass is 9.59. The van der Waals surface area contributed by atoms with Gasteiger partial charge in [-0.25, -0.2) is 4.79 Å². The lowest BCUT2D eigenvalue weighted by Crippen LogP contribution is -2.65. The van der Waals surface area contributed by atoms with E-state index in [1.54, 1.807) is 19.1 Å². The summed E-state index contributed by atoms with van der Waals surface area (Å²) in [5.41, 5.74) is -1.55. The molecule has 0 aliphatic heterocycles. The van der Waals surface area contributed by atoms with Gasteiger partial charge in [0, 0.05) is 10.8 Å². The Labute approximate surface area is 204 Å². The van der Waals surface area contributed by atoms with Crippen molar-refractivity contribution in [2.75, 3.05) is 6.61 Å². The van der Waals surface area contributed by atoms with E-state index in [9.17, 15) is 24.9 Å². The van der Waals surface area contributed by atoms with Crippen molar-refractivity contribution in [1.29, 1.82) is 0 Å². The summed E-state index contributed by atoms with van der Waals surface area (Å²) in [6.07, 6.45) is 1.41. The Morgan fingerprint density at radius 3 is 2.53 bits per heavy atom. The van der Waals surface area contributed by atoms with E-state index in [4.69, 9.17) is 4.74 Å². The minimum Gasteiger partial charge on any atom is -0.451 e. The standard InChI is InChI=1S/C27H34O6S/c1-12-9-26-14(3)7-18-20(25(18,5)6)17(22(26)30)8-16(10-28)21(29)27(26,32)23(12)33-24(31)19-13(2)11-34-15(19)4/h8-9,11,14,17-18,20-21,23,28-29,32H,7,10H2,1-6H3/t14-,17?,18?,20?,21?,23?,26?,27?/m1/s1. The number of carbonyl (C=O) groups is 2. The molecule has 8 atom stereocenters. The summed E-state index contributed by atoms with van der Waals surface area (Å²) in [5, 5.41) is 36.0. The van der Waals surface area contributed by atoms with Crippen molar-refractivity contribution in [2.24, 2.45) is 34.5 Å². The summed E-state index contributed by atoms with van der Waals surface area (Å²) in [5.74, 6) is -1.14. The first-order chi connectivity index (χ1) is 15.8. The van der Waals surface area contributed by atoms with E-state index in [0.717, 1.165) is 16.9 Å². The van der Waals surface area contributed by atoms with Gasteiger partial charge in [-0.1, -0.05) is 32.9 Å². The molecule has 2 fully saturated rings. The molecule has 1 aromatic rings. The maximum absolute atomic E-state index is 14.3. The highest BCUT2D eigenvalue weighted by Gasteiger charge is 2.76. The summed E-state index contributed by atoms with van der Waals surface area (Å²) >= 11 is 1.45. The van der Waals surface area contributed by atoms with Crippen molar-refractivity contribution in [1.82, 2.24) is 0 Å². The number of allylic oxidation sites excluding steroid dienone is 1. The maximum Gasteiger partial charge on any atom is 0.340 e. The van der Waals surface area contributed by atoms with Gasteiger partial charge in [0.15, 0.2) is 17.5 Å². The van der Waals surface area contributed by atoms with Gasteiger partial charge in [0.1, 0.15) is 6.10 Å². The zero-order valence-electron chi connectivity index (χ0n) is 20.6. The third kappa shape index (κ3) is 2.73. The van der Waals surface area contributed by atoms with E-state index >= 15 is 0 Å². The number of hydrogen-bond donors (Lipinski definition) is 3. The Morgan fingerprint density at radius 1 is 1.26 bits per heavy atom. The first kappa shape index (κ1) is 23.9. The molecule has 2 bridgehead atoms. The SMILES string of the molecule is CC1=CC23C(=O)C(C=C(CO)C(O)C2(O)C1OC(=O)c1c(C)csc1C)C1C(C[C@H]3C)C1(C)C. The number of ether oxygens (including phenoxy) is 1. The normalized spacial score (nSPS) is 42.1. The summed E-state index contributed by atoms with van der Waals surface area (Å²) in [7, 11) is 0. The van der Waals surface area contributed by atoms with Gasteiger partial charge in [-0.3, -0.25) is 4.79 Å². The van der Waals surface area contributed by atoms with Crippen LogP contribution in [0.25, 0.3) is 0 Å². The highest BCUT2D eigenvalue weighted by Crippen LogP contribution is 2.71. The molecule has 3 N–H and O–H groups in total. The van der Waals surface area contributed by atoms with Crippen LogP contribution in [-0.2, 0) is 9.53 Å². The topological polar surface area (TPSA) is 104 Å². The van der Waals surface area contributed by atoms with Crippen LogP contribution >= 0.6 is 11.3 Å². The third-order valence-electron chi connectivity index (χ3n) is 9.48. The number of aliphatic hydroxyl groups is 3. The van der Waals surface area contributed by atoms with Gasteiger partial charge in [-0.15, -0.1) is 11.3 Å². The van der Waals surface area contributed by atoms with Crippen molar-refractivity contribution in [2.45, 2.75) is 65.8 Å². The molecule has 6 nitrogen and oxygen atoms in total. The summed E-state index contributed by atoms with van der Waals surface area (Å²) < 4.78 is 5.95. The van der Waals surface area contributed by atoms with Gasteiger partial charge in [0.05, 0.1) is 17.6 Å². The predicted octanol–water partition coefficient (Wildman–Crippen LogP) is 3.36. The van der Waals surface area contributed by atoms with Crippen LogP contribution in [0.15, 0.2) is 28.7 Å². The first-order valence-electron chi connectivity index (χ1n) is 12.0. The minimum absolute atomic E-state index is 0.0299. The van der Waals surface area contributed by atoms with Gasteiger partial charge in [0.25, 0.3) is 0 Å². The second-order valence-corrected chi connectivity index (χ2v) is 12.6. The molecule has 34 heavy (non-hydrogen) atoms. The van der Waals surface area contributed by atoms with E-state index in [-0.39, 0.29) is 28.6 Å². The van der Waals surface area contributed by atoms with E-state index < -0.39 is 41.7 Å². The third-order valence-corrected chi connectivity index (χ3v) is 10.5. The quantitative estimate of drug-likeness (QED) is 0.447. The number of esters is 1. The van der Waals surface area contributed by atoms with Gasteiger partial charge in [-0.05, 0) is 72.5 Å². The maximum atomic E-state index is 14.3. The fourth-order valence-electron chi connectivity index (χ4n) is 7.64. The van der Waals surface area contributed by atoms with Crippen LogP contribution in [0.4, 0.5) is 0 Å². The van der Waals surface area contributed by atoms with Crippen LogP contribution in [-0.4, -0.2) is 51.5 Å². The molecule has 0 radical (unpaired) electrons. The molecule has 4 aliphatic carbocycles. The summed E-state index contributed by atoms with van der Waals surface area (Å²) in [6.45, 7) is 11.2. The second-order valence-electron chi connectivity index (χ2n) is 11.5. The molecule has 1 heterocycles. The van der Waals surface area contributed by atoms with Crippen LogP contribution in [0.2, 0.25) is 0 Å². The molecular formula is C27H34O6S. The number of thiophene rings is 1. The highest BCUT2D eigenvalue weighted by molar-refractivity contribution is 7.10. The molecule has 1 aromatic heterocycles. The van der Waals surface area contributed by atoms with Crippen molar-refractivity contribution < 1.29 is 29.6 Å². The summed E-state index contributed by atoms with van der Waals surface area (Å²) in [4.78, 5) is 28.4. The number of fused-ring (bicyclic) bond motifs is 3. The molecule has 0 amide bonds. The lowest BCUT2D eigenvalue weighted by molar-refractivity contribution is -0.190. The molecule has 0 aromatic carbocycles. The molecule has 5 rings (SSSR count). The molecule has 4 aliphatic rings. The Morgan fingerprint density at radius 2 is 1.94 bits per heavy atom. The van der Waals surface area contributed by atoms with E-state index in [2.05, 4.69) is 13.8 Å². The van der Waals surface area contributed by atoms with Gasteiger partial charge in [0.2, 0.25) is 0 Å². The van der Waals surface area contributed by atoms with Crippen molar-refractivity contribution in [3.63, 3.8) is 0 Å². The highest BCUT2D eigenvalue weighted by atomic mass is 32.1. The van der Waals surface area contributed by atoms with Crippen molar-refractivity contribution in [3.8, 4) is 0 Å². The second kappa shape index (κ2) is 7.36. The molecule has 1 spiro atoms. The zero-order chi connectivity index (χ0) is 25.0. The molecular weight excluding hydrogens is 452 g/mol. The number of hydrogen-bond acceptors (Lipinski definition) is 7. The Kier molecular flexibility index (Phi) is 5.17. The van der Waals surface area contributed by atoms with E-state index in [1.165, 1.54) is 11.3 Å². The molecule has 7 unspecified atom stereocenters. The number of aryl methyl sites for hydroxylation is 2. The number of ketones is 1. The zero-order valence-corrected chi connectivity index (χ0v) is 21.4. The molecule has 2 saturated carbocycles. The monoisotopic (exact) mass is 486 g/mol. The van der Waals surface area contributed by atoms with E-state index in [0.29, 0.717) is 17.1 Å². The fraction of sp³-hybridized carbons (Fsp3) is 0.630. The average molecular weight is 487 g/mol. The molecule has 7 heteroatoms. The van der Waals surface area contributed by atoms with Gasteiger partial charge in [-0.2, -0.15) is 0 Å². The number of Topliss-reactive ketones (excluding diaryl/α,β-unsaturated/α-hetero) is 1. The van der Waals surface area contributed by atoms with Crippen LogP contribution in [0.1, 0.15) is 54.9 Å². The molecule has 184 valence electrons. The lowest BCUT2D eigenvalue weighted by Gasteiger charge is -2.48. The number of aliphatic hydroxyl groups excluding tert-OH is 2. The van der Waals surface area contributed by atoms with Crippen LogP contribution in [0.5, 0.6) is 0 Å². The van der Waals surface area contributed by atoms with E-state index in [1.807, 2.05) is 26.2 Å². The smallest absolute Gasteiger partial charge is 0.340 e. The number of carbonyl (C=O) groups excluding carboxylic acids is 2. The van der Waals surface area contributed by atoms with Crippen LogP contribution in [0.3, 0.4) is 0 Å². The Balaban J connectivity index is 1.65. The largest absolute Gasteiger partial charge is 0.451 e. The molecule has 0 saturated heterocycles. The number of rotatable bonds is 3. The average Bonchev–Trinajstić information content (AvgIpc) is 3.05. The van der Waals surface area contributed by atoms with Crippen LogP contribution in [0, 0.1) is 48.3 Å². The van der Waals surface area contributed by atoms with Gasteiger partial charge >= 0.3 is 5.97 Å². The van der Waals surface area contributed by atoms with Crippen LogP contribution < -0.4 is 0 Å². The Bertz CT molecular complexity index is 1120. The minimum atomic E-state index is -2.11. The Hall–Kier alpha value is -1.80. The van der Waals surface area contributed by atoms with Gasteiger partial charge < -0.3 is 20.1 Å². The fourth-order valence-corrected chi connectivity index (χ4v) is 8.47.